The van der Waals surface area contributed by atoms with Crippen molar-refractivity contribution < 1.29 is 19.1 Å². The predicted octanol–water partition coefficient (Wildman–Crippen LogP) is 1.78. The van der Waals surface area contributed by atoms with Gasteiger partial charge in [-0.1, -0.05) is 30.3 Å². The Labute approximate surface area is 151 Å². The Balaban J connectivity index is 1.39. The summed E-state index contributed by atoms with van der Waals surface area (Å²) in [6.07, 6.45) is -0.588. The fourth-order valence-electron chi connectivity index (χ4n) is 2.50. The highest BCUT2D eigenvalue weighted by Crippen LogP contribution is 2.30. The summed E-state index contributed by atoms with van der Waals surface area (Å²) in [7, 11) is 0. The number of carbonyl (C=O) groups excluding carboxylic acids is 2. The first-order valence-corrected chi connectivity index (χ1v) is 8.40. The third-order valence-electron chi connectivity index (χ3n) is 3.94. The summed E-state index contributed by atoms with van der Waals surface area (Å²) in [5, 5.41) is 3.19. The van der Waals surface area contributed by atoms with Crippen molar-refractivity contribution in [2.24, 2.45) is 0 Å². The van der Waals surface area contributed by atoms with Gasteiger partial charge < -0.3 is 14.8 Å². The van der Waals surface area contributed by atoms with Crippen molar-refractivity contribution in [2.75, 3.05) is 18.5 Å². The van der Waals surface area contributed by atoms with Gasteiger partial charge in [-0.15, -0.1) is 0 Å². The molecule has 7 nitrogen and oxygen atoms in total. The number of ether oxygens (including phenoxy) is 2. The van der Waals surface area contributed by atoms with E-state index < -0.39 is 12.0 Å². The number of nitrogens with one attached hydrogen (secondary N) is 3. The van der Waals surface area contributed by atoms with Crippen LogP contribution in [0.15, 0.2) is 48.5 Å². The number of anilines is 1. The van der Waals surface area contributed by atoms with Crippen molar-refractivity contribution in [2.45, 2.75) is 19.4 Å². The normalized spacial score (nSPS) is 15.0. The molecule has 1 heterocycles. The van der Waals surface area contributed by atoms with E-state index in [-0.39, 0.29) is 18.9 Å². The van der Waals surface area contributed by atoms with Crippen LogP contribution in [-0.4, -0.2) is 31.1 Å². The van der Waals surface area contributed by atoms with Crippen LogP contribution in [0.25, 0.3) is 0 Å². The van der Waals surface area contributed by atoms with Gasteiger partial charge in [0.2, 0.25) is 12.0 Å². The molecular formula is C19H21N3O4. The van der Waals surface area contributed by atoms with E-state index in [1.807, 2.05) is 37.3 Å². The molecule has 1 aliphatic heterocycles. The van der Waals surface area contributed by atoms with Crippen LogP contribution in [0.2, 0.25) is 0 Å². The molecule has 0 unspecified atom stereocenters. The number of aryl methyl sites for hydroxylation is 1. The summed E-state index contributed by atoms with van der Waals surface area (Å²) in [6.45, 7) is 2.55. The zero-order valence-electron chi connectivity index (χ0n) is 14.5. The maximum Gasteiger partial charge on any atom is 0.283 e. The van der Waals surface area contributed by atoms with Crippen molar-refractivity contribution in [3.8, 4) is 11.5 Å². The Morgan fingerprint density at radius 2 is 1.77 bits per heavy atom. The van der Waals surface area contributed by atoms with Gasteiger partial charge in [0.15, 0.2) is 11.5 Å². The standard InChI is InChI=1S/C19H21N3O4/c1-13-6-2-3-7-14(13)20-11-10-18(23)21-22-19(24)17-12-25-15-8-4-5-9-16(15)26-17/h2-9,17,20H,10-12H2,1H3,(H,21,23)(H,22,24)/t17-/m1/s1. The van der Waals surface area contributed by atoms with Gasteiger partial charge >= 0.3 is 0 Å². The number of hydrogen-bond donors (Lipinski definition) is 3. The van der Waals surface area contributed by atoms with E-state index in [1.165, 1.54) is 0 Å². The largest absolute Gasteiger partial charge is 0.485 e. The zero-order valence-corrected chi connectivity index (χ0v) is 14.5. The van der Waals surface area contributed by atoms with Gasteiger partial charge in [0.25, 0.3) is 5.91 Å². The second kappa shape index (κ2) is 8.24. The topological polar surface area (TPSA) is 88.7 Å². The molecule has 26 heavy (non-hydrogen) atoms. The predicted molar refractivity (Wildman–Crippen MR) is 96.9 cm³/mol. The lowest BCUT2D eigenvalue weighted by Crippen LogP contribution is -2.51. The van der Waals surface area contributed by atoms with E-state index in [2.05, 4.69) is 16.2 Å². The number of hydrogen-bond acceptors (Lipinski definition) is 5. The number of carbonyl (C=O) groups is 2. The van der Waals surface area contributed by atoms with Crippen molar-refractivity contribution >= 4 is 17.5 Å². The lowest BCUT2D eigenvalue weighted by molar-refractivity contribution is -0.135. The number of rotatable bonds is 5. The van der Waals surface area contributed by atoms with Crippen LogP contribution >= 0.6 is 0 Å². The van der Waals surface area contributed by atoms with Crippen LogP contribution in [0.5, 0.6) is 11.5 Å². The molecule has 0 bridgehead atoms. The van der Waals surface area contributed by atoms with Crippen LogP contribution in [0, 0.1) is 6.92 Å². The lowest BCUT2D eigenvalue weighted by atomic mass is 10.2. The second-order valence-electron chi connectivity index (χ2n) is 5.89. The van der Waals surface area contributed by atoms with Crippen molar-refractivity contribution in [3.63, 3.8) is 0 Å². The maximum absolute atomic E-state index is 12.1. The van der Waals surface area contributed by atoms with Gasteiger partial charge in [0, 0.05) is 18.7 Å². The first-order chi connectivity index (χ1) is 12.6. The Morgan fingerprint density at radius 1 is 1.04 bits per heavy atom. The quantitative estimate of drug-likeness (QED) is 0.712. The molecule has 0 aliphatic carbocycles. The van der Waals surface area contributed by atoms with E-state index in [9.17, 15) is 9.59 Å². The highest BCUT2D eigenvalue weighted by Gasteiger charge is 2.27. The lowest BCUT2D eigenvalue weighted by Gasteiger charge is -2.25. The number of benzene rings is 2. The van der Waals surface area contributed by atoms with Gasteiger partial charge in [-0.05, 0) is 30.7 Å². The molecule has 0 saturated carbocycles. The molecule has 2 aromatic rings. The summed E-state index contributed by atoms with van der Waals surface area (Å²) in [5.74, 6) is 0.354. The molecule has 0 spiro atoms. The summed E-state index contributed by atoms with van der Waals surface area (Å²) < 4.78 is 11.1. The molecule has 7 heteroatoms. The third kappa shape index (κ3) is 4.44. The van der Waals surface area contributed by atoms with E-state index in [0.29, 0.717) is 18.0 Å². The molecule has 0 fully saturated rings. The Hall–Kier alpha value is -3.22. The summed E-state index contributed by atoms with van der Waals surface area (Å²) in [6, 6.07) is 15.0. The maximum atomic E-state index is 12.1. The Kier molecular flexibility index (Phi) is 5.58. The Bertz CT molecular complexity index is 794. The van der Waals surface area contributed by atoms with Crippen LogP contribution in [0.4, 0.5) is 5.69 Å². The molecule has 1 atom stereocenters. The van der Waals surface area contributed by atoms with Gasteiger partial charge in [0.05, 0.1) is 0 Å². The number of hydrazine groups is 1. The first kappa shape index (κ1) is 17.6. The van der Waals surface area contributed by atoms with E-state index in [0.717, 1.165) is 11.3 Å². The molecule has 3 N–H and O–H groups in total. The van der Waals surface area contributed by atoms with Gasteiger partial charge in [-0.25, -0.2) is 0 Å². The van der Waals surface area contributed by atoms with Gasteiger partial charge in [-0.2, -0.15) is 0 Å². The summed E-state index contributed by atoms with van der Waals surface area (Å²) in [4.78, 5) is 24.0. The fourth-order valence-corrected chi connectivity index (χ4v) is 2.50. The summed E-state index contributed by atoms with van der Waals surface area (Å²) >= 11 is 0. The number of fused-ring (bicyclic) bond motifs is 1. The fraction of sp³-hybridized carbons (Fsp3) is 0.263. The molecule has 0 aromatic heterocycles. The smallest absolute Gasteiger partial charge is 0.283 e. The van der Waals surface area contributed by atoms with Crippen LogP contribution in [-0.2, 0) is 9.59 Å². The molecular weight excluding hydrogens is 334 g/mol. The molecule has 0 saturated heterocycles. The monoisotopic (exact) mass is 355 g/mol. The minimum atomic E-state index is -0.810. The average Bonchev–Trinajstić information content (AvgIpc) is 2.67. The molecule has 0 radical (unpaired) electrons. The second-order valence-corrected chi connectivity index (χ2v) is 5.89. The van der Waals surface area contributed by atoms with Gasteiger partial charge in [0.1, 0.15) is 6.61 Å². The zero-order chi connectivity index (χ0) is 18.4. The van der Waals surface area contributed by atoms with E-state index in [1.54, 1.807) is 18.2 Å². The van der Waals surface area contributed by atoms with E-state index >= 15 is 0 Å². The van der Waals surface area contributed by atoms with Crippen molar-refractivity contribution in [1.29, 1.82) is 0 Å². The third-order valence-corrected chi connectivity index (χ3v) is 3.94. The van der Waals surface area contributed by atoms with Crippen molar-refractivity contribution in [1.82, 2.24) is 10.9 Å². The van der Waals surface area contributed by atoms with Crippen LogP contribution in [0.3, 0.4) is 0 Å². The van der Waals surface area contributed by atoms with Crippen LogP contribution in [0.1, 0.15) is 12.0 Å². The highest BCUT2D eigenvalue weighted by atomic mass is 16.6. The highest BCUT2D eigenvalue weighted by molar-refractivity contribution is 5.85. The SMILES string of the molecule is Cc1ccccc1NCCC(=O)NNC(=O)[C@H]1COc2ccccc2O1. The summed E-state index contributed by atoms with van der Waals surface area (Å²) in [5.41, 5.74) is 6.85. The first-order valence-electron chi connectivity index (χ1n) is 8.40. The Morgan fingerprint density at radius 3 is 2.58 bits per heavy atom. The minimum Gasteiger partial charge on any atom is -0.485 e. The molecule has 2 amide bonds. The number of para-hydroxylation sites is 3. The molecule has 2 aromatic carbocycles. The number of amides is 2. The minimum absolute atomic E-state index is 0.0908. The molecule has 136 valence electrons. The van der Waals surface area contributed by atoms with Crippen molar-refractivity contribution in [3.05, 3.63) is 54.1 Å². The van der Waals surface area contributed by atoms with Gasteiger partial charge in [-0.3, -0.25) is 20.4 Å². The van der Waals surface area contributed by atoms with Crippen LogP contribution < -0.4 is 25.6 Å². The molecule has 3 rings (SSSR count). The van der Waals surface area contributed by atoms with E-state index in [4.69, 9.17) is 9.47 Å². The molecule has 1 aliphatic rings. The average molecular weight is 355 g/mol.